The number of halogens is 2. The van der Waals surface area contributed by atoms with Crippen LogP contribution in [0.1, 0.15) is 5.69 Å². The third-order valence-electron chi connectivity index (χ3n) is 4.34. The van der Waals surface area contributed by atoms with Crippen molar-refractivity contribution in [2.45, 2.75) is 13.0 Å². The fourth-order valence-electron chi connectivity index (χ4n) is 2.75. The maximum absolute atomic E-state index is 13.0. The standard InChI is InChI=1S/C17H23ClFN5O/c1-22-6-8-23(9-7-22)5-4-15-13-24(21-20-15)10-11-25-17-3-2-14(19)12-16(17)18/h2-3,12-13H,4-11H2,1H3. The highest BCUT2D eigenvalue weighted by atomic mass is 35.5. The van der Waals surface area contributed by atoms with E-state index in [0.29, 0.717) is 18.9 Å². The molecule has 1 aromatic carbocycles. The van der Waals surface area contributed by atoms with Crippen LogP contribution in [-0.4, -0.2) is 71.2 Å². The quantitative estimate of drug-likeness (QED) is 0.748. The van der Waals surface area contributed by atoms with E-state index in [1.165, 1.54) is 18.2 Å². The molecule has 2 heterocycles. The molecule has 0 radical (unpaired) electrons. The Balaban J connectivity index is 1.41. The van der Waals surface area contributed by atoms with Gasteiger partial charge in [0.05, 0.1) is 17.3 Å². The number of benzene rings is 1. The van der Waals surface area contributed by atoms with Gasteiger partial charge < -0.3 is 14.5 Å². The Hall–Kier alpha value is -1.70. The smallest absolute Gasteiger partial charge is 0.138 e. The molecule has 1 fully saturated rings. The molecule has 6 nitrogen and oxygen atoms in total. The lowest BCUT2D eigenvalue weighted by Gasteiger charge is -2.32. The number of hydrogen-bond acceptors (Lipinski definition) is 5. The van der Waals surface area contributed by atoms with Crippen LogP contribution in [-0.2, 0) is 13.0 Å². The largest absolute Gasteiger partial charge is 0.490 e. The lowest BCUT2D eigenvalue weighted by Crippen LogP contribution is -2.45. The Kier molecular flexibility index (Phi) is 6.23. The van der Waals surface area contributed by atoms with Crippen molar-refractivity contribution in [3.8, 4) is 5.75 Å². The van der Waals surface area contributed by atoms with E-state index < -0.39 is 0 Å². The Labute approximate surface area is 152 Å². The van der Waals surface area contributed by atoms with Gasteiger partial charge in [0.15, 0.2) is 0 Å². The van der Waals surface area contributed by atoms with Crippen molar-refractivity contribution in [1.82, 2.24) is 24.8 Å². The molecule has 0 saturated carbocycles. The molecular weight excluding hydrogens is 345 g/mol. The van der Waals surface area contributed by atoms with E-state index >= 15 is 0 Å². The van der Waals surface area contributed by atoms with Gasteiger partial charge in [0, 0.05) is 45.3 Å². The van der Waals surface area contributed by atoms with Gasteiger partial charge in [0.25, 0.3) is 0 Å². The summed E-state index contributed by atoms with van der Waals surface area (Å²) >= 11 is 5.93. The number of hydrogen-bond donors (Lipinski definition) is 0. The summed E-state index contributed by atoms with van der Waals surface area (Å²) in [4.78, 5) is 4.80. The molecule has 2 aromatic rings. The average Bonchev–Trinajstić information content (AvgIpc) is 3.04. The second-order valence-corrected chi connectivity index (χ2v) is 6.70. The van der Waals surface area contributed by atoms with Crippen LogP contribution in [0.25, 0.3) is 0 Å². The van der Waals surface area contributed by atoms with Gasteiger partial charge in [-0.3, -0.25) is 0 Å². The van der Waals surface area contributed by atoms with E-state index in [1.54, 1.807) is 4.68 Å². The van der Waals surface area contributed by atoms with Crippen molar-refractivity contribution in [2.24, 2.45) is 0 Å². The van der Waals surface area contributed by atoms with Crippen LogP contribution in [0.15, 0.2) is 24.4 Å². The molecule has 136 valence electrons. The van der Waals surface area contributed by atoms with Crippen LogP contribution in [0.3, 0.4) is 0 Å². The second-order valence-electron chi connectivity index (χ2n) is 6.29. The summed E-state index contributed by atoms with van der Waals surface area (Å²) in [5.74, 6) is 0.0945. The molecule has 8 heteroatoms. The fraction of sp³-hybridized carbons (Fsp3) is 0.529. The predicted molar refractivity (Wildman–Crippen MR) is 94.6 cm³/mol. The number of nitrogens with zero attached hydrogens (tertiary/aromatic N) is 5. The highest BCUT2D eigenvalue weighted by Crippen LogP contribution is 2.24. The Morgan fingerprint density at radius 2 is 2.00 bits per heavy atom. The number of likely N-dealkylation sites (N-methyl/N-ethyl adjacent to an activating group) is 1. The minimum Gasteiger partial charge on any atom is -0.490 e. The summed E-state index contributed by atoms with van der Waals surface area (Å²) < 4.78 is 20.3. The van der Waals surface area contributed by atoms with Crippen LogP contribution in [0.4, 0.5) is 4.39 Å². The normalized spacial score (nSPS) is 16.3. The van der Waals surface area contributed by atoms with Gasteiger partial charge in [0.1, 0.15) is 18.2 Å². The van der Waals surface area contributed by atoms with E-state index in [9.17, 15) is 4.39 Å². The molecule has 3 rings (SSSR count). The maximum atomic E-state index is 13.0. The Morgan fingerprint density at radius 3 is 2.76 bits per heavy atom. The zero-order valence-electron chi connectivity index (χ0n) is 14.4. The predicted octanol–water partition coefficient (Wildman–Crippen LogP) is 1.94. The van der Waals surface area contributed by atoms with Gasteiger partial charge >= 0.3 is 0 Å². The van der Waals surface area contributed by atoms with Gasteiger partial charge in [-0.05, 0) is 25.2 Å². The fourth-order valence-corrected chi connectivity index (χ4v) is 2.97. The Morgan fingerprint density at radius 1 is 1.20 bits per heavy atom. The molecule has 0 aliphatic carbocycles. The second kappa shape index (κ2) is 8.60. The van der Waals surface area contributed by atoms with Crippen LogP contribution in [0, 0.1) is 5.82 Å². The van der Waals surface area contributed by atoms with Crippen LogP contribution < -0.4 is 4.74 Å². The minimum atomic E-state index is -0.376. The molecule has 25 heavy (non-hydrogen) atoms. The lowest BCUT2D eigenvalue weighted by molar-refractivity contribution is 0.155. The van der Waals surface area contributed by atoms with E-state index in [1.807, 2.05) is 6.20 Å². The van der Waals surface area contributed by atoms with Crippen molar-refractivity contribution >= 4 is 11.6 Å². The van der Waals surface area contributed by atoms with E-state index in [2.05, 4.69) is 27.2 Å². The summed E-state index contributed by atoms with van der Waals surface area (Å²) in [6.07, 6.45) is 2.85. The third kappa shape index (κ3) is 5.39. The monoisotopic (exact) mass is 367 g/mol. The molecule has 0 unspecified atom stereocenters. The molecule has 0 atom stereocenters. The first kappa shape index (κ1) is 18.1. The summed E-state index contributed by atoms with van der Waals surface area (Å²) in [6.45, 7) is 6.43. The van der Waals surface area contributed by atoms with Gasteiger partial charge in [-0.1, -0.05) is 16.8 Å². The zero-order chi connectivity index (χ0) is 17.6. The van der Waals surface area contributed by atoms with Crippen molar-refractivity contribution in [3.63, 3.8) is 0 Å². The number of rotatable bonds is 7. The molecule has 0 amide bonds. The van der Waals surface area contributed by atoms with Crippen molar-refractivity contribution in [1.29, 1.82) is 0 Å². The molecule has 1 aliphatic heterocycles. The maximum Gasteiger partial charge on any atom is 0.138 e. The van der Waals surface area contributed by atoms with Crippen LogP contribution in [0.5, 0.6) is 5.75 Å². The first-order chi connectivity index (χ1) is 12.1. The van der Waals surface area contributed by atoms with E-state index in [-0.39, 0.29) is 10.8 Å². The minimum absolute atomic E-state index is 0.270. The molecule has 0 N–H and O–H groups in total. The molecule has 1 saturated heterocycles. The molecular formula is C17H23ClFN5O. The van der Waals surface area contributed by atoms with E-state index in [0.717, 1.165) is 44.8 Å². The SMILES string of the molecule is CN1CCN(CCc2cn(CCOc3ccc(F)cc3Cl)nn2)CC1. The van der Waals surface area contributed by atoms with Crippen LogP contribution in [0.2, 0.25) is 5.02 Å². The van der Waals surface area contributed by atoms with Crippen LogP contribution >= 0.6 is 11.6 Å². The summed E-state index contributed by atoms with van der Waals surface area (Å²) in [5, 5.41) is 8.61. The van der Waals surface area contributed by atoms with Crippen molar-refractivity contribution in [2.75, 3.05) is 46.4 Å². The van der Waals surface area contributed by atoms with Gasteiger partial charge in [-0.25, -0.2) is 9.07 Å². The number of ether oxygens (including phenoxy) is 1. The molecule has 1 aromatic heterocycles. The molecule has 0 spiro atoms. The average molecular weight is 368 g/mol. The first-order valence-electron chi connectivity index (χ1n) is 8.48. The highest BCUT2D eigenvalue weighted by molar-refractivity contribution is 6.32. The zero-order valence-corrected chi connectivity index (χ0v) is 15.1. The third-order valence-corrected chi connectivity index (χ3v) is 4.63. The topological polar surface area (TPSA) is 46.4 Å². The Bertz CT molecular complexity index is 687. The molecule has 1 aliphatic rings. The van der Waals surface area contributed by atoms with Gasteiger partial charge in [-0.15, -0.1) is 5.10 Å². The van der Waals surface area contributed by atoms with Crippen molar-refractivity contribution in [3.05, 3.63) is 40.9 Å². The summed E-state index contributed by atoms with van der Waals surface area (Å²) in [6, 6.07) is 4.09. The highest BCUT2D eigenvalue weighted by Gasteiger charge is 2.14. The molecule has 0 bridgehead atoms. The van der Waals surface area contributed by atoms with Gasteiger partial charge in [0.2, 0.25) is 0 Å². The first-order valence-corrected chi connectivity index (χ1v) is 8.86. The summed E-state index contributed by atoms with van der Waals surface area (Å²) in [5.41, 5.74) is 0.985. The van der Waals surface area contributed by atoms with Crippen molar-refractivity contribution < 1.29 is 9.13 Å². The summed E-state index contributed by atoms with van der Waals surface area (Å²) in [7, 11) is 2.16. The lowest BCUT2D eigenvalue weighted by atomic mass is 10.2. The number of piperazine rings is 1. The van der Waals surface area contributed by atoms with Gasteiger partial charge in [-0.2, -0.15) is 0 Å². The number of aromatic nitrogens is 3. The van der Waals surface area contributed by atoms with E-state index in [4.69, 9.17) is 16.3 Å².